The summed E-state index contributed by atoms with van der Waals surface area (Å²) in [5.74, 6) is -2.41. The van der Waals surface area contributed by atoms with Crippen LogP contribution in [0.15, 0.2) is 22.7 Å². The number of alkyl halides is 2. The molecule has 0 aliphatic carbocycles. The zero-order valence-electron chi connectivity index (χ0n) is 12.7. The predicted octanol–water partition coefficient (Wildman–Crippen LogP) is 6.27. The molecule has 0 radical (unpaired) electrons. The third kappa shape index (κ3) is 7.15. The minimum atomic E-state index is -4.93. The monoisotopic (exact) mass is 411 g/mol. The van der Waals surface area contributed by atoms with Crippen LogP contribution in [0.5, 0.6) is 5.75 Å². The van der Waals surface area contributed by atoms with Crippen LogP contribution >= 0.6 is 27.3 Å². The van der Waals surface area contributed by atoms with E-state index in [1.54, 1.807) is 6.07 Å². The van der Waals surface area contributed by atoms with Crippen LogP contribution in [0.3, 0.4) is 0 Å². The first kappa shape index (κ1) is 21.5. The molecule has 1 rings (SSSR count). The summed E-state index contributed by atoms with van der Waals surface area (Å²) in [6.07, 6.45) is 0. The molecule has 0 aromatic heterocycles. The summed E-state index contributed by atoms with van der Waals surface area (Å²) in [6.45, 7) is 3.99. The molecule has 0 N–H and O–H groups in total. The normalized spacial score (nSPS) is 12.7. The van der Waals surface area contributed by atoms with Crippen LogP contribution in [0, 0.1) is 0 Å². The van der Waals surface area contributed by atoms with Gasteiger partial charge in [0.15, 0.2) is 0 Å². The summed E-state index contributed by atoms with van der Waals surface area (Å²) in [7, 11) is 1.44. The van der Waals surface area contributed by atoms with Crippen LogP contribution < -0.4 is 4.74 Å². The molecule has 0 aliphatic rings. The molecule has 22 heavy (non-hydrogen) atoms. The Morgan fingerprint density at radius 1 is 1.18 bits per heavy atom. The molecule has 0 aliphatic heterocycles. The fourth-order valence-corrected chi connectivity index (χ4v) is 2.44. The second-order valence-electron chi connectivity index (χ2n) is 4.23. The number of nitrogens with zero attached hydrogens (tertiary/aromatic N) is 1. The predicted molar refractivity (Wildman–Crippen MR) is 84.1 cm³/mol. The van der Waals surface area contributed by atoms with Crippen molar-refractivity contribution < 1.29 is 25.2 Å². The lowest BCUT2D eigenvalue weighted by Crippen LogP contribution is -2.19. The Hall–Kier alpha value is -0.540. The van der Waals surface area contributed by atoms with Crippen molar-refractivity contribution in [1.82, 2.24) is 4.31 Å². The Labute approximate surface area is 138 Å². The summed E-state index contributed by atoms with van der Waals surface area (Å²) in [6, 6.07) is 4.24. The average molecular weight is 412 g/mol. The Kier molecular flexibility index (Phi) is 8.71. The van der Waals surface area contributed by atoms with Gasteiger partial charge in [-0.25, -0.2) is 8.78 Å². The van der Waals surface area contributed by atoms with Crippen molar-refractivity contribution in [1.29, 1.82) is 0 Å². The lowest BCUT2D eigenvalue weighted by atomic mass is 10.1. The molecule has 9 heteroatoms. The summed E-state index contributed by atoms with van der Waals surface area (Å²) in [5, 5.41) is 0. The van der Waals surface area contributed by atoms with Gasteiger partial charge in [-0.15, -0.1) is 11.7 Å². The van der Waals surface area contributed by atoms with Gasteiger partial charge >= 0.3 is 0 Å². The zero-order chi connectivity index (χ0) is 17.6. The maximum Gasteiger partial charge on any atom is 0.278 e. The molecule has 2 nitrogen and oxygen atoms in total. The third-order valence-electron chi connectivity index (χ3n) is 2.66. The van der Waals surface area contributed by atoms with E-state index in [9.17, 15) is 20.4 Å². The summed E-state index contributed by atoms with van der Waals surface area (Å²) < 4.78 is 66.9. The first-order valence-electron chi connectivity index (χ1n) is 6.36. The molecule has 0 saturated carbocycles. The van der Waals surface area contributed by atoms with E-state index < -0.39 is 17.3 Å². The van der Waals surface area contributed by atoms with Crippen LogP contribution in [-0.4, -0.2) is 24.5 Å². The molecular formula is C13H19BrF5NOS. The molecular weight excluding hydrogens is 393 g/mol. The molecule has 1 aromatic carbocycles. The van der Waals surface area contributed by atoms with Gasteiger partial charge in [0.1, 0.15) is 5.75 Å². The van der Waals surface area contributed by atoms with Crippen LogP contribution in [0.2, 0.25) is 0 Å². The van der Waals surface area contributed by atoms with E-state index in [1.807, 2.05) is 0 Å². The SMILES string of the molecule is CCN(CC)S(F)(F)F.COc1cc(C(C)(F)F)ccc1Br. The fourth-order valence-electron chi connectivity index (χ4n) is 1.45. The molecule has 0 atom stereocenters. The van der Waals surface area contributed by atoms with E-state index in [0.717, 1.165) is 6.92 Å². The highest BCUT2D eigenvalue weighted by atomic mass is 79.9. The Balaban J connectivity index is 0.000000433. The van der Waals surface area contributed by atoms with E-state index in [2.05, 4.69) is 15.9 Å². The Morgan fingerprint density at radius 3 is 1.95 bits per heavy atom. The lowest BCUT2D eigenvalue weighted by molar-refractivity contribution is 0.0172. The molecule has 0 unspecified atom stereocenters. The maximum atomic E-state index is 12.8. The number of rotatable bonds is 5. The highest BCUT2D eigenvalue weighted by molar-refractivity contribution is 9.10. The van der Waals surface area contributed by atoms with Gasteiger partial charge in [0.25, 0.3) is 17.3 Å². The van der Waals surface area contributed by atoms with Gasteiger partial charge in [-0.1, -0.05) is 19.9 Å². The van der Waals surface area contributed by atoms with Gasteiger partial charge in [-0.2, -0.15) is 4.31 Å². The molecule has 0 bridgehead atoms. The van der Waals surface area contributed by atoms with Gasteiger partial charge in [-0.3, -0.25) is 0 Å². The highest BCUT2D eigenvalue weighted by Crippen LogP contribution is 2.56. The van der Waals surface area contributed by atoms with E-state index in [-0.39, 0.29) is 18.7 Å². The van der Waals surface area contributed by atoms with Crippen molar-refractivity contribution in [3.63, 3.8) is 0 Å². The number of methoxy groups -OCH3 is 1. The maximum absolute atomic E-state index is 12.8. The van der Waals surface area contributed by atoms with Crippen LogP contribution in [-0.2, 0) is 5.92 Å². The molecule has 130 valence electrons. The zero-order valence-corrected chi connectivity index (χ0v) is 15.1. The van der Waals surface area contributed by atoms with Crippen molar-refractivity contribution in [3.8, 4) is 5.75 Å². The Bertz CT molecular complexity index is 461. The number of hydrogen-bond donors (Lipinski definition) is 0. The topological polar surface area (TPSA) is 12.5 Å². The van der Waals surface area contributed by atoms with Gasteiger partial charge in [0.05, 0.1) is 11.6 Å². The number of halogens is 6. The van der Waals surface area contributed by atoms with Gasteiger partial charge in [-0.05, 0) is 28.1 Å². The smallest absolute Gasteiger partial charge is 0.278 e. The van der Waals surface area contributed by atoms with Crippen LogP contribution in [0.4, 0.5) is 20.4 Å². The summed E-state index contributed by atoms with van der Waals surface area (Å²) >= 11 is -1.74. The number of hydrogen-bond acceptors (Lipinski definition) is 2. The average Bonchev–Trinajstić information content (AvgIpc) is 2.38. The van der Waals surface area contributed by atoms with Crippen molar-refractivity contribution in [2.24, 2.45) is 0 Å². The molecule has 1 aromatic rings. The second kappa shape index (κ2) is 8.93. The molecule has 0 amide bonds. The minimum Gasteiger partial charge on any atom is -0.496 e. The van der Waals surface area contributed by atoms with E-state index in [0.29, 0.717) is 14.5 Å². The van der Waals surface area contributed by atoms with Gasteiger partial charge < -0.3 is 4.74 Å². The van der Waals surface area contributed by atoms with Crippen molar-refractivity contribution in [2.75, 3.05) is 20.2 Å². The largest absolute Gasteiger partial charge is 0.496 e. The summed E-state index contributed by atoms with van der Waals surface area (Å²) in [4.78, 5) is 0. The highest BCUT2D eigenvalue weighted by Gasteiger charge is 2.28. The van der Waals surface area contributed by atoms with E-state index in [4.69, 9.17) is 4.74 Å². The number of benzene rings is 1. The van der Waals surface area contributed by atoms with Gasteiger partial charge in [0, 0.05) is 25.6 Å². The lowest BCUT2D eigenvalue weighted by Gasteiger charge is -2.23. The summed E-state index contributed by atoms with van der Waals surface area (Å²) in [5.41, 5.74) is -0.0486. The fraction of sp³-hybridized carbons (Fsp3) is 0.538. The Morgan fingerprint density at radius 2 is 1.68 bits per heavy atom. The minimum absolute atomic E-state index is 0.0486. The van der Waals surface area contributed by atoms with Crippen molar-refractivity contribution >= 4 is 27.3 Å². The molecule has 0 heterocycles. The second-order valence-corrected chi connectivity index (χ2v) is 6.37. The standard InChI is InChI=1S/C9H9BrF2O.C4H10F3NS/c1-9(11,12)6-3-4-7(10)8(5-6)13-2;1-3-8(4-2)9(5,6)7/h3-5H,1-2H3;3-4H2,1-2H3. The third-order valence-corrected chi connectivity index (χ3v) is 4.41. The molecule has 0 fully saturated rings. The van der Waals surface area contributed by atoms with Crippen molar-refractivity contribution in [2.45, 2.75) is 26.7 Å². The number of ether oxygens (including phenoxy) is 1. The molecule has 0 saturated heterocycles. The quantitative estimate of drug-likeness (QED) is 0.529. The van der Waals surface area contributed by atoms with Crippen LogP contribution in [0.1, 0.15) is 26.3 Å². The van der Waals surface area contributed by atoms with Crippen molar-refractivity contribution in [3.05, 3.63) is 28.2 Å². The van der Waals surface area contributed by atoms with E-state index in [1.165, 1.54) is 33.1 Å². The van der Waals surface area contributed by atoms with E-state index >= 15 is 0 Å². The molecule has 0 spiro atoms. The van der Waals surface area contributed by atoms with Crippen LogP contribution in [0.25, 0.3) is 0 Å². The van der Waals surface area contributed by atoms with Gasteiger partial charge in [0.2, 0.25) is 0 Å². The first-order chi connectivity index (χ1) is 9.97. The first-order valence-corrected chi connectivity index (χ1v) is 8.44.